The smallest absolute Gasteiger partial charge is 0.333 e. The second kappa shape index (κ2) is 5.11. The third-order valence-corrected chi connectivity index (χ3v) is 3.21. The van der Waals surface area contributed by atoms with Gasteiger partial charge < -0.3 is 15.4 Å². The Morgan fingerprint density at radius 1 is 0.955 bits per heavy atom. The van der Waals surface area contributed by atoms with Crippen LogP contribution in [0.4, 0.5) is 0 Å². The fraction of sp³-hybridized carbons (Fsp3) is 0.231. The highest BCUT2D eigenvalue weighted by Gasteiger charge is 2.25. The highest BCUT2D eigenvalue weighted by atomic mass is 16.7. The van der Waals surface area contributed by atoms with E-state index in [9.17, 15) is 19.2 Å². The molecule has 0 radical (unpaired) electrons. The van der Waals surface area contributed by atoms with Crippen LogP contribution in [0.25, 0.3) is 11.0 Å². The van der Waals surface area contributed by atoms with E-state index in [-0.39, 0.29) is 23.9 Å². The molecule has 0 saturated heterocycles. The number of carbonyl (C=O) groups excluding carboxylic acids is 2. The standard InChI is InChI=1S/C13H11N3O6/c14-7-5-6-10(17)21-15-8-3-1-2-4-9(8)16(22-13(7)20)12(19)11(15)18/h1-4,7H,5-6,14H2/t7-/m1/s1. The molecule has 0 aliphatic carbocycles. The van der Waals surface area contributed by atoms with Crippen molar-refractivity contribution in [1.82, 2.24) is 9.46 Å². The molecule has 0 fully saturated rings. The summed E-state index contributed by atoms with van der Waals surface area (Å²) in [5.74, 6) is -1.70. The average Bonchev–Trinajstić information content (AvgIpc) is 2.54. The first kappa shape index (κ1) is 14.0. The fourth-order valence-electron chi connectivity index (χ4n) is 2.08. The van der Waals surface area contributed by atoms with Crippen molar-refractivity contribution in [3.05, 3.63) is 45.0 Å². The predicted molar refractivity (Wildman–Crippen MR) is 72.9 cm³/mol. The lowest BCUT2D eigenvalue weighted by Crippen LogP contribution is -2.48. The molecule has 2 bridgehead atoms. The van der Waals surface area contributed by atoms with Crippen LogP contribution in [-0.4, -0.2) is 27.4 Å². The van der Waals surface area contributed by atoms with Gasteiger partial charge in [0.15, 0.2) is 0 Å². The maximum Gasteiger partial charge on any atom is 0.353 e. The lowest BCUT2D eigenvalue weighted by atomic mass is 10.2. The van der Waals surface area contributed by atoms with Crippen LogP contribution in [0, 0.1) is 0 Å². The Hall–Kier alpha value is -2.94. The lowest BCUT2D eigenvalue weighted by molar-refractivity contribution is -0.146. The second-order valence-corrected chi connectivity index (χ2v) is 4.71. The summed E-state index contributed by atoms with van der Waals surface area (Å²) in [5.41, 5.74) is 3.51. The fourth-order valence-corrected chi connectivity index (χ4v) is 2.08. The van der Waals surface area contributed by atoms with E-state index in [4.69, 9.17) is 15.4 Å². The number of nitrogens with two attached hydrogens (primary N) is 1. The van der Waals surface area contributed by atoms with Gasteiger partial charge in [-0.2, -0.15) is 0 Å². The Morgan fingerprint density at radius 2 is 1.50 bits per heavy atom. The van der Waals surface area contributed by atoms with E-state index in [1.165, 1.54) is 12.1 Å². The molecule has 2 N–H and O–H groups in total. The SMILES string of the molecule is N[C@@H]1CCC(=O)On2c(=O)c(=O)n(c3ccccc32)OC1=O. The summed E-state index contributed by atoms with van der Waals surface area (Å²) in [5, 5.41) is 0. The molecule has 1 aromatic carbocycles. The van der Waals surface area contributed by atoms with Gasteiger partial charge in [0.05, 0.1) is 6.42 Å². The van der Waals surface area contributed by atoms with Crippen molar-refractivity contribution < 1.29 is 19.3 Å². The molecule has 0 amide bonds. The topological polar surface area (TPSA) is 123 Å². The van der Waals surface area contributed by atoms with Crippen molar-refractivity contribution in [3.63, 3.8) is 0 Å². The Balaban J connectivity index is 2.38. The molecule has 2 aliphatic heterocycles. The normalized spacial score (nSPS) is 18.7. The first-order valence-electron chi connectivity index (χ1n) is 6.45. The summed E-state index contributed by atoms with van der Waals surface area (Å²) in [7, 11) is 0. The lowest BCUT2D eigenvalue weighted by Gasteiger charge is -2.13. The molecule has 2 aromatic rings. The molecule has 9 heteroatoms. The van der Waals surface area contributed by atoms with Crippen molar-refractivity contribution in [2.75, 3.05) is 0 Å². The van der Waals surface area contributed by atoms with Gasteiger partial charge in [0.1, 0.15) is 17.1 Å². The van der Waals surface area contributed by atoms with Crippen LogP contribution in [0.15, 0.2) is 33.9 Å². The molecule has 2 aliphatic rings. The van der Waals surface area contributed by atoms with Gasteiger partial charge in [-0.15, -0.1) is 9.46 Å². The third kappa shape index (κ3) is 2.17. The van der Waals surface area contributed by atoms with E-state index in [1.807, 2.05) is 0 Å². The van der Waals surface area contributed by atoms with Crippen LogP contribution in [0.1, 0.15) is 12.8 Å². The van der Waals surface area contributed by atoms with Crippen molar-refractivity contribution >= 4 is 23.0 Å². The van der Waals surface area contributed by atoms with Gasteiger partial charge in [-0.3, -0.25) is 9.59 Å². The zero-order chi connectivity index (χ0) is 15.9. The minimum atomic E-state index is -1.16. The van der Waals surface area contributed by atoms with Gasteiger partial charge in [0.25, 0.3) is 0 Å². The van der Waals surface area contributed by atoms with Gasteiger partial charge in [0.2, 0.25) is 0 Å². The number of nitrogens with zero attached hydrogens (tertiary/aromatic N) is 2. The van der Waals surface area contributed by atoms with Crippen LogP contribution >= 0.6 is 0 Å². The number of para-hydroxylation sites is 2. The maximum atomic E-state index is 12.1. The van der Waals surface area contributed by atoms with Gasteiger partial charge in [-0.25, -0.2) is 9.59 Å². The summed E-state index contributed by atoms with van der Waals surface area (Å²) in [6.45, 7) is 0. The first-order chi connectivity index (χ1) is 10.5. The quantitative estimate of drug-likeness (QED) is 0.569. The molecule has 0 unspecified atom stereocenters. The van der Waals surface area contributed by atoms with Crippen LogP contribution in [0.2, 0.25) is 0 Å². The molecule has 1 atom stereocenters. The Bertz CT molecular complexity index is 897. The monoisotopic (exact) mass is 305 g/mol. The Morgan fingerprint density at radius 3 is 2.09 bits per heavy atom. The largest absolute Gasteiger partial charge is 0.353 e. The van der Waals surface area contributed by atoms with E-state index in [2.05, 4.69) is 0 Å². The number of hydrogen-bond acceptors (Lipinski definition) is 7. The van der Waals surface area contributed by atoms with Crippen LogP contribution in [0.3, 0.4) is 0 Å². The zero-order valence-corrected chi connectivity index (χ0v) is 11.2. The van der Waals surface area contributed by atoms with E-state index in [1.54, 1.807) is 12.1 Å². The van der Waals surface area contributed by atoms with E-state index >= 15 is 0 Å². The number of fused-ring (bicyclic) bond motifs is 7. The molecule has 22 heavy (non-hydrogen) atoms. The summed E-state index contributed by atoms with van der Waals surface area (Å²) in [6.07, 6.45) is -0.228. The third-order valence-electron chi connectivity index (χ3n) is 3.21. The Labute approximate surface area is 122 Å². The number of rotatable bonds is 0. The van der Waals surface area contributed by atoms with Crippen LogP contribution in [0.5, 0.6) is 0 Å². The highest BCUT2D eigenvalue weighted by molar-refractivity contribution is 5.80. The summed E-state index contributed by atoms with van der Waals surface area (Å²) < 4.78 is 1.16. The number of hydrogen-bond donors (Lipinski definition) is 1. The molecule has 9 nitrogen and oxygen atoms in total. The number of aromatic nitrogens is 2. The van der Waals surface area contributed by atoms with Gasteiger partial charge >= 0.3 is 23.1 Å². The molecule has 4 rings (SSSR count). The van der Waals surface area contributed by atoms with E-state index in [0.717, 1.165) is 0 Å². The second-order valence-electron chi connectivity index (χ2n) is 4.71. The molecular weight excluding hydrogens is 294 g/mol. The van der Waals surface area contributed by atoms with Gasteiger partial charge in [-0.1, -0.05) is 12.1 Å². The summed E-state index contributed by atoms with van der Waals surface area (Å²) >= 11 is 0. The van der Waals surface area contributed by atoms with Gasteiger partial charge in [0, 0.05) is 0 Å². The summed E-state index contributed by atoms with van der Waals surface area (Å²) in [6, 6.07) is 4.92. The van der Waals surface area contributed by atoms with Gasteiger partial charge in [-0.05, 0) is 18.6 Å². The van der Waals surface area contributed by atoms with Crippen molar-refractivity contribution in [2.45, 2.75) is 18.9 Å². The molecular formula is C13H11N3O6. The Kier molecular flexibility index (Phi) is 3.26. The van der Waals surface area contributed by atoms with E-state index < -0.39 is 29.1 Å². The van der Waals surface area contributed by atoms with Crippen LogP contribution in [-0.2, 0) is 9.59 Å². The minimum Gasteiger partial charge on any atom is -0.333 e. The zero-order valence-electron chi connectivity index (χ0n) is 11.2. The molecule has 1 aromatic heterocycles. The minimum absolute atomic E-state index is 0.0297. The van der Waals surface area contributed by atoms with E-state index in [0.29, 0.717) is 9.46 Å². The predicted octanol–water partition coefficient (Wildman–Crippen LogP) is -1.81. The number of carbonyl (C=O) groups is 2. The van der Waals surface area contributed by atoms with Crippen molar-refractivity contribution in [3.8, 4) is 0 Å². The number of benzene rings is 1. The summed E-state index contributed by atoms with van der Waals surface area (Å²) in [4.78, 5) is 57.7. The average molecular weight is 305 g/mol. The molecule has 3 heterocycles. The first-order valence-corrected chi connectivity index (χ1v) is 6.45. The van der Waals surface area contributed by atoms with Crippen LogP contribution < -0.4 is 26.5 Å². The van der Waals surface area contributed by atoms with Crippen molar-refractivity contribution in [1.29, 1.82) is 0 Å². The molecule has 0 saturated carbocycles. The molecule has 0 spiro atoms. The molecule has 114 valence electrons. The highest BCUT2D eigenvalue weighted by Crippen LogP contribution is 2.10. The van der Waals surface area contributed by atoms with Crippen molar-refractivity contribution in [2.24, 2.45) is 5.73 Å². The maximum absolute atomic E-state index is 12.1.